The summed E-state index contributed by atoms with van der Waals surface area (Å²) in [6.45, 7) is 3.93. The van der Waals surface area contributed by atoms with Crippen LogP contribution in [-0.2, 0) is 16.4 Å². The third-order valence-electron chi connectivity index (χ3n) is 4.08. The Labute approximate surface area is 166 Å². The first-order chi connectivity index (χ1) is 12.9. The van der Waals surface area contributed by atoms with E-state index in [2.05, 4.69) is 25.8 Å². The van der Waals surface area contributed by atoms with Crippen molar-refractivity contribution in [3.05, 3.63) is 69.8 Å². The zero-order valence-electron chi connectivity index (χ0n) is 14.9. The van der Waals surface area contributed by atoms with Gasteiger partial charge in [-0.3, -0.25) is 0 Å². The van der Waals surface area contributed by atoms with Crippen LogP contribution in [0.15, 0.2) is 62.4 Å². The molecular formula is C19H19BrN2O4S. The van der Waals surface area contributed by atoms with Crippen LogP contribution in [0.5, 0.6) is 5.75 Å². The van der Waals surface area contributed by atoms with E-state index in [-0.39, 0.29) is 10.8 Å². The molecule has 3 aromatic rings. The number of aromatic nitrogens is 1. The fraction of sp³-hybridized carbons (Fsp3) is 0.211. The number of nitrogens with one attached hydrogen (secondary N) is 1. The number of nitrogens with zero attached hydrogens (tertiary/aromatic N) is 1. The zero-order chi connectivity index (χ0) is 19.4. The molecule has 1 heterocycles. The van der Waals surface area contributed by atoms with Crippen LogP contribution in [0.3, 0.4) is 0 Å². The summed E-state index contributed by atoms with van der Waals surface area (Å²) in [6.07, 6.45) is 0.730. The van der Waals surface area contributed by atoms with Crippen molar-refractivity contribution in [2.75, 3.05) is 11.3 Å². The highest BCUT2D eigenvalue weighted by Gasteiger charge is 2.22. The summed E-state index contributed by atoms with van der Waals surface area (Å²) >= 11 is 3.29. The maximum absolute atomic E-state index is 12.7. The lowest BCUT2D eigenvalue weighted by Crippen LogP contribution is -2.14. The average molecular weight is 451 g/mol. The van der Waals surface area contributed by atoms with E-state index < -0.39 is 10.0 Å². The van der Waals surface area contributed by atoms with Gasteiger partial charge in [0.05, 0.1) is 12.3 Å². The topological polar surface area (TPSA) is 81.4 Å². The summed E-state index contributed by atoms with van der Waals surface area (Å²) in [4.78, 5) is 0.0631. The Hall–Kier alpha value is -2.32. The Morgan fingerprint density at radius 2 is 1.89 bits per heavy atom. The first kappa shape index (κ1) is 19.4. The number of hydrogen-bond donors (Lipinski definition) is 1. The van der Waals surface area contributed by atoms with Gasteiger partial charge < -0.3 is 9.26 Å². The largest absolute Gasteiger partial charge is 0.493 e. The molecule has 0 atom stereocenters. The summed E-state index contributed by atoms with van der Waals surface area (Å²) in [5.41, 5.74) is 2.43. The molecule has 8 heteroatoms. The monoisotopic (exact) mass is 450 g/mol. The molecular weight excluding hydrogens is 432 g/mol. The minimum atomic E-state index is -3.86. The van der Waals surface area contributed by atoms with Crippen molar-refractivity contribution >= 4 is 31.8 Å². The van der Waals surface area contributed by atoms with E-state index in [0.29, 0.717) is 28.1 Å². The molecule has 0 aliphatic carbocycles. The maximum Gasteiger partial charge on any atom is 0.265 e. The lowest BCUT2D eigenvalue weighted by Gasteiger charge is -2.11. The molecule has 0 saturated carbocycles. The van der Waals surface area contributed by atoms with Crippen molar-refractivity contribution < 1.29 is 17.7 Å². The number of halogens is 1. The van der Waals surface area contributed by atoms with Gasteiger partial charge in [0.25, 0.3) is 10.0 Å². The minimum Gasteiger partial charge on any atom is -0.493 e. The third-order valence-corrected chi connectivity index (χ3v) is 6.40. The third kappa shape index (κ3) is 4.70. The van der Waals surface area contributed by atoms with Crippen molar-refractivity contribution in [2.45, 2.75) is 25.2 Å². The Kier molecular flexibility index (Phi) is 5.86. The van der Waals surface area contributed by atoms with Crippen LogP contribution in [0.1, 0.15) is 16.8 Å². The first-order valence-corrected chi connectivity index (χ1v) is 10.6. The van der Waals surface area contributed by atoms with Crippen LogP contribution in [0.25, 0.3) is 0 Å². The minimum absolute atomic E-state index is 0.0631. The summed E-state index contributed by atoms with van der Waals surface area (Å²) in [5, 5.41) is 3.76. The quantitative estimate of drug-likeness (QED) is 0.573. The summed E-state index contributed by atoms with van der Waals surface area (Å²) < 4.78 is 39.1. The maximum atomic E-state index is 12.7. The summed E-state index contributed by atoms with van der Waals surface area (Å²) in [7, 11) is -3.86. The summed E-state index contributed by atoms with van der Waals surface area (Å²) in [5.74, 6) is 0.578. The van der Waals surface area contributed by atoms with Crippen molar-refractivity contribution in [1.82, 2.24) is 5.16 Å². The van der Waals surface area contributed by atoms with Crippen LogP contribution in [0.2, 0.25) is 0 Å². The van der Waals surface area contributed by atoms with E-state index in [1.54, 1.807) is 26.0 Å². The number of hydrogen-bond acceptors (Lipinski definition) is 5. The fourth-order valence-electron chi connectivity index (χ4n) is 2.40. The molecule has 1 aromatic heterocycles. The lowest BCUT2D eigenvalue weighted by molar-refractivity contribution is 0.321. The van der Waals surface area contributed by atoms with Gasteiger partial charge in [0.15, 0.2) is 0 Å². The number of sulfonamides is 1. The van der Waals surface area contributed by atoms with Crippen LogP contribution in [-0.4, -0.2) is 20.2 Å². The molecule has 2 aromatic carbocycles. The highest BCUT2D eigenvalue weighted by molar-refractivity contribution is 9.10. The highest BCUT2D eigenvalue weighted by atomic mass is 79.9. The first-order valence-electron chi connectivity index (χ1n) is 8.29. The van der Waals surface area contributed by atoms with Crippen molar-refractivity contribution in [1.29, 1.82) is 0 Å². The SMILES string of the molecule is Cc1noc(NS(=O)(=O)c2cc(OCCc3ccccc3)ccc2Br)c1C. The second kappa shape index (κ2) is 8.14. The normalized spacial score (nSPS) is 11.4. The second-order valence-corrected chi connectivity index (χ2v) is 8.51. The molecule has 1 N–H and O–H groups in total. The number of aryl methyl sites for hydroxylation is 1. The van der Waals surface area contributed by atoms with Gasteiger partial charge >= 0.3 is 0 Å². The standard InChI is InChI=1S/C19H19BrN2O4S/c1-13-14(2)21-26-19(13)22-27(23,24)18-12-16(8-9-17(18)20)25-11-10-15-6-4-3-5-7-15/h3-9,12,22H,10-11H2,1-2H3. The number of ether oxygens (including phenoxy) is 1. The molecule has 0 bridgehead atoms. The molecule has 142 valence electrons. The molecule has 0 aliphatic rings. The fourth-order valence-corrected chi connectivity index (χ4v) is 4.42. The number of rotatable bonds is 7. The Balaban J connectivity index is 1.75. The van der Waals surface area contributed by atoms with Crippen LogP contribution < -0.4 is 9.46 Å². The van der Waals surface area contributed by atoms with E-state index in [9.17, 15) is 8.42 Å². The molecule has 0 fully saturated rings. The van der Waals surface area contributed by atoms with E-state index in [1.807, 2.05) is 30.3 Å². The number of benzene rings is 2. The van der Waals surface area contributed by atoms with Gasteiger partial charge in [-0.15, -0.1) is 0 Å². The predicted octanol–water partition coefficient (Wildman–Crippen LogP) is 4.48. The van der Waals surface area contributed by atoms with Crippen molar-refractivity contribution in [3.63, 3.8) is 0 Å². The Morgan fingerprint density at radius 3 is 2.56 bits per heavy atom. The number of anilines is 1. The van der Waals surface area contributed by atoms with Gasteiger partial charge in [-0.1, -0.05) is 35.5 Å². The summed E-state index contributed by atoms with van der Waals surface area (Å²) in [6, 6.07) is 14.8. The molecule has 0 aliphatic heterocycles. The molecule has 3 rings (SSSR count). The Morgan fingerprint density at radius 1 is 1.15 bits per heavy atom. The zero-order valence-corrected chi connectivity index (χ0v) is 17.3. The second-order valence-electron chi connectivity index (χ2n) is 6.00. The van der Waals surface area contributed by atoms with Gasteiger partial charge in [-0.05, 0) is 47.5 Å². The van der Waals surface area contributed by atoms with Crippen LogP contribution >= 0.6 is 15.9 Å². The van der Waals surface area contributed by atoms with E-state index in [4.69, 9.17) is 9.26 Å². The van der Waals surface area contributed by atoms with Gasteiger partial charge in [-0.25, -0.2) is 13.1 Å². The Bertz CT molecular complexity index is 1030. The average Bonchev–Trinajstić information content (AvgIpc) is 2.95. The smallest absolute Gasteiger partial charge is 0.265 e. The van der Waals surface area contributed by atoms with Crippen LogP contribution in [0, 0.1) is 13.8 Å². The van der Waals surface area contributed by atoms with E-state index in [1.165, 1.54) is 6.07 Å². The molecule has 0 saturated heterocycles. The van der Waals surface area contributed by atoms with Crippen molar-refractivity contribution in [3.8, 4) is 5.75 Å². The molecule has 0 radical (unpaired) electrons. The molecule has 0 unspecified atom stereocenters. The molecule has 0 amide bonds. The van der Waals surface area contributed by atoms with Gasteiger partial charge in [0.1, 0.15) is 10.6 Å². The van der Waals surface area contributed by atoms with Gasteiger partial charge in [0.2, 0.25) is 5.88 Å². The molecule has 6 nitrogen and oxygen atoms in total. The van der Waals surface area contributed by atoms with Gasteiger partial charge in [-0.2, -0.15) is 0 Å². The van der Waals surface area contributed by atoms with Gasteiger partial charge in [0, 0.05) is 22.5 Å². The van der Waals surface area contributed by atoms with E-state index >= 15 is 0 Å². The lowest BCUT2D eigenvalue weighted by atomic mass is 10.2. The molecule has 0 spiro atoms. The predicted molar refractivity (Wildman–Crippen MR) is 107 cm³/mol. The molecule has 27 heavy (non-hydrogen) atoms. The van der Waals surface area contributed by atoms with E-state index in [0.717, 1.165) is 12.0 Å². The highest BCUT2D eigenvalue weighted by Crippen LogP contribution is 2.29. The van der Waals surface area contributed by atoms with Crippen LogP contribution in [0.4, 0.5) is 5.88 Å². The van der Waals surface area contributed by atoms with Crippen molar-refractivity contribution in [2.24, 2.45) is 0 Å².